The van der Waals surface area contributed by atoms with Gasteiger partial charge >= 0.3 is 6.18 Å². The first kappa shape index (κ1) is 13.2. The summed E-state index contributed by atoms with van der Waals surface area (Å²) >= 11 is 6.01. The molecule has 1 aliphatic rings. The number of rotatable bonds is 2. The molecule has 0 saturated heterocycles. The van der Waals surface area contributed by atoms with Gasteiger partial charge in [-0.25, -0.2) is 4.68 Å². The van der Waals surface area contributed by atoms with Crippen molar-refractivity contribution in [2.24, 2.45) is 0 Å². The first-order valence-corrected chi connectivity index (χ1v) is 6.14. The van der Waals surface area contributed by atoms with Crippen LogP contribution in [0.3, 0.4) is 0 Å². The van der Waals surface area contributed by atoms with Crippen LogP contribution >= 0.6 is 11.6 Å². The van der Waals surface area contributed by atoms with Crippen molar-refractivity contribution in [2.45, 2.75) is 24.6 Å². The Hall–Kier alpha value is -1.83. The molecule has 1 aromatic carbocycles. The van der Waals surface area contributed by atoms with E-state index in [0.717, 1.165) is 4.68 Å². The standard InChI is InChI=1S/C11H9ClF3N5/c12-8-5-6(16)1-2-7(8)9-17-18-19-20(9)10(3-4-10)11(13,14)15/h1-2,5H,3-4,16H2. The van der Waals surface area contributed by atoms with Gasteiger partial charge in [0.05, 0.1) is 5.02 Å². The lowest BCUT2D eigenvalue weighted by molar-refractivity contribution is -0.182. The lowest BCUT2D eigenvalue weighted by atomic mass is 10.1. The normalized spacial score (nSPS) is 17.2. The van der Waals surface area contributed by atoms with E-state index in [2.05, 4.69) is 15.5 Å². The van der Waals surface area contributed by atoms with Crippen LogP contribution in [0.2, 0.25) is 5.02 Å². The van der Waals surface area contributed by atoms with Gasteiger partial charge in [0.25, 0.3) is 0 Å². The van der Waals surface area contributed by atoms with Crippen molar-refractivity contribution < 1.29 is 13.2 Å². The summed E-state index contributed by atoms with van der Waals surface area (Å²) in [5.74, 6) is -0.00942. The summed E-state index contributed by atoms with van der Waals surface area (Å²) in [6.07, 6.45) is -4.49. The maximum atomic E-state index is 13.2. The molecule has 0 spiro atoms. The highest BCUT2D eigenvalue weighted by Crippen LogP contribution is 2.56. The second kappa shape index (κ2) is 4.08. The summed E-state index contributed by atoms with van der Waals surface area (Å²) in [6, 6.07) is 4.49. The molecule has 3 rings (SSSR count). The molecule has 0 unspecified atom stereocenters. The molecule has 106 valence electrons. The summed E-state index contributed by atoms with van der Waals surface area (Å²) in [6.45, 7) is 0. The van der Waals surface area contributed by atoms with E-state index in [4.69, 9.17) is 17.3 Å². The van der Waals surface area contributed by atoms with E-state index in [0.29, 0.717) is 11.3 Å². The summed E-state index contributed by atoms with van der Waals surface area (Å²) in [7, 11) is 0. The predicted octanol–water partition coefficient (Wildman–Crippen LogP) is 2.63. The third-order valence-electron chi connectivity index (χ3n) is 3.36. The lowest BCUT2D eigenvalue weighted by Crippen LogP contribution is -2.36. The number of halogens is 4. The van der Waals surface area contributed by atoms with Gasteiger partial charge in [-0.3, -0.25) is 0 Å². The third-order valence-corrected chi connectivity index (χ3v) is 3.67. The molecule has 0 atom stereocenters. The quantitative estimate of drug-likeness (QED) is 0.866. The average Bonchev–Trinajstić information content (AvgIpc) is 3.03. The number of nitrogens with two attached hydrogens (primary N) is 1. The SMILES string of the molecule is Nc1ccc(-c2nnnn2C2(C(F)(F)F)CC2)c(Cl)c1. The monoisotopic (exact) mass is 303 g/mol. The highest BCUT2D eigenvalue weighted by molar-refractivity contribution is 6.33. The van der Waals surface area contributed by atoms with Crippen molar-refractivity contribution >= 4 is 17.3 Å². The van der Waals surface area contributed by atoms with Gasteiger partial charge < -0.3 is 5.73 Å². The van der Waals surface area contributed by atoms with Crippen molar-refractivity contribution in [3.05, 3.63) is 23.2 Å². The molecule has 5 nitrogen and oxygen atoms in total. The number of hydrogen-bond acceptors (Lipinski definition) is 4. The molecule has 1 aliphatic carbocycles. The van der Waals surface area contributed by atoms with Gasteiger partial charge in [-0.15, -0.1) is 5.10 Å². The molecule has 0 amide bonds. The highest BCUT2D eigenvalue weighted by Gasteiger charge is 2.66. The summed E-state index contributed by atoms with van der Waals surface area (Å²) in [5.41, 5.74) is 4.28. The number of nitrogens with zero attached hydrogens (tertiary/aromatic N) is 4. The Bertz CT molecular complexity index is 662. The van der Waals surface area contributed by atoms with Gasteiger partial charge in [0.1, 0.15) is 0 Å². The Morgan fingerprint density at radius 1 is 1.30 bits per heavy atom. The maximum absolute atomic E-state index is 13.2. The molecule has 2 aromatic rings. The van der Waals surface area contributed by atoms with E-state index < -0.39 is 11.7 Å². The second-order valence-corrected chi connectivity index (χ2v) is 5.09. The van der Waals surface area contributed by atoms with E-state index in [-0.39, 0.29) is 23.7 Å². The molecule has 1 heterocycles. The number of nitrogen functional groups attached to an aromatic ring is 1. The van der Waals surface area contributed by atoms with E-state index >= 15 is 0 Å². The van der Waals surface area contributed by atoms with Crippen LogP contribution in [0.5, 0.6) is 0 Å². The van der Waals surface area contributed by atoms with E-state index in [9.17, 15) is 13.2 Å². The topological polar surface area (TPSA) is 69.6 Å². The van der Waals surface area contributed by atoms with Gasteiger partial charge in [-0.1, -0.05) is 11.6 Å². The van der Waals surface area contributed by atoms with Gasteiger partial charge in [-0.05, 0) is 41.5 Å². The molecule has 0 bridgehead atoms. The molecule has 1 fully saturated rings. The Morgan fingerprint density at radius 2 is 2.00 bits per heavy atom. The molecule has 2 N–H and O–H groups in total. The number of tetrazole rings is 1. The fraction of sp³-hybridized carbons (Fsp3) is 0.364. The van der Waals surface area contributed by atoms with E-state index in [1.807, 2.05) is 0 Å². The minimum absolute atomic E-state index is 0.00942. The molecule has 1 saturated carbocycles. The smallest absolute Gasteiger partial charge is 0.399 e. The number of hydrogen-bond donors (Lipinski definition) is 1. The van der Waals surface area contributed by atoms with Crippen molar-refractivity contribution in [3.63, 3.8) is 0 Å². The Labute approximate surface area is 116 Å². The Kier molecular flexibility index (Phi) is 2.69. The van der Waals surface area contributed by atoms with Crippen molar-refractivity contribution in [3.8, 4) is 11.4 Å². The van der Waals surface area contributed by atoms with E-state index in [1.54, 1.807) is 0 Å². The molecular weight excluding hydrogens is 295 g/mol. The van der Waals surface area contributed by atoms with Crippen LogP contribution in [0.15, 0.2) is 18.2 Å². The van der Waals surface area contributed by atoms with E-state index in [1.165, 1.54) is 18.2 Å². The number of benzene rings is 1. The zero-order chi connectivity index (χ0) is 14.5. The fourth-order valence-electron chi connectivity index (χ4n) is 2.09. The van der Waals surface area contributed by atoms with Crippen molar-refractivity contribution in [1.82, 2.24) is 20.2 Å². The number of aromatic nitrogens is 4. The predicted molar refractivity (Wildman–Crippen MR) is 65.9 cm³/mol. The first-order chi connectivity index (χ1) is 9.35. The van der Waals surface area contributed by atoms with Crippen LogP contribution in [-0.4, -0.2) is 26.4 Å². The zero-order valence-electron chi connectivity index (χ0n) is 10.0. The van der Waals surface area contributed by atoms with Crippen LogP contribution in [0.25, 0.3) is 11.4 Å². The van der Waals surface area contributed by atoms with Gasteiger partial charge in [0, 0.05) is 11.3 Å². The molecule has 0 radical (unpaired) electrons. The van der Waals surface area contributed by atoms with Crippen LogP contribution in [0.4, 0.5) is 18.9 Å². The Balaban J connectivity index is 2.12. The van der Waals surface area contributed by atoms with Gasteiger partial charge in [-0.2, -0.15) is 13.2 Å². The molecular formula is C11H9ClF3N5. The molecule has 20 heavy (non-hydrogen) atoms. The summed E-state index contributed by atoms with van der Waals surface area (Å²) in [4.78, 5) is 0. The minimum Gasteiger partial charge on any atom is -0.399 e. The van der Waals surface area contributed by atoms with Gasteiger partial charge in [0.2, 0.25) is 0 Å². The van der Waals surface area contributed by atoms with Crippen molar-refractivity contribution in [2.75, 3.05) is 5.73 Å². The summed E-state index contributed by atoms with van der Waals surface area (Å²) in [5, 5.41) is 10.7. The Morgan fingerprint density at radius 3 is 2.55 bits per heavy atom. The first-order valence-electron chi connectivity index (χ1n) is 5.76. The molecule has 0 aliphatic heterocycles. The highest BCUT2D eigenvalue weighted by atomic mass is 35.5. The number of alkyl halides is 3. The number of anilines is 1. The van der Waals surface area contributed by atoms with Crippen LogP contribution in [0.1, 0.15) is 12.8 Å². The van der Waals surface area contributed by atoms with Crippen molar-refractivity contribution in [1.29, 1.82) is 0 Å². The third kappa shape index (κ3) is 1.82. The molecule has 9 heteroatoms. The fourth-order valence-corrected chi connectivity index (χ4v) is 2.36. The lowest BCUT2D eigenvalue weighted by Gasteiger charge is -2.20. The average molecular weight is 304 g/mol. The van der Waals surface area contributed by atoms with Crippen LogP contribution in [0, 0.1) is 0 Å². The maximum Gasteiger partial charge on any atom is 0.413 e. The minimum atomic E-state index is -4.41. The van der Waals surface area contributed by atoms with Gasteiger partial charge in [0.15, 0.2) is 11.4 Å². The largest absolute Gasteiger partial charge is 0.413 e. The summed E-state index contributed by atoms with van der Waals surface area (Å²) < 4.78 is 40.3. The molecule has 1 aromatic heterocycles. The second-order valence-electron chi connectivity index (χ2n) is 4.68. The zero-order valence-corrected chi connectivity index (χ0v) is 10.8. The van der Waals surface area contributed by atoms with Crippen LogP contribution in [-0.2, 0) is 5.54 Å². The van der Waals surface area contributed by atoms with Crippen LogP contribution < -0.4 is 5.73 Å².